The number of rotatable bonds is 26. The lowest BCUT2D eigenvalue weighted by molar-refractivity contribution is -0.331. The molecule has 32 nitrogen and oxygen atoms in total. The van der Waals surface area contributed by atoms with Crippen LogP contribution in [0, 0.1) is 35.5 Å². The molecule has 1 unspecified atom stereocenters. The van der Waals surface area contributed by atoms with Crippen LogP contribution < -0.4 is 0 Å². The summed E-state index contributed by atoms with van der Waals surface area (Å²) >= 11 is 0. The van der Waals surface area contributed by atoms with Crippen molar-refractivity contribution < 1.29 is 152 Å². The maximum absolute atomic E-state index is 14.5. The third-order valence-corrected chi connectivity index (χ3v) is 15.7. The lowest BCUT2D eigenvalue weighted by atomic mass is 9.83. The quantitative estimate of drug-likeness (QED) is 0.0682. The Balaban J connectivity index is 1.40. The van der Waals surface area contributed by atoms with Crippen LogP contribution in [0.25, 0.3) is 0 Å². The lowest BCUT2D eigenvalue weighted by Crippen LogP contribution is -2.63. The molecule has 5 aliphatic rings. The zero-order valence-corrected chi connectivity index (χ0v) is 54.8. The van der Waals surface area contributed by atoms with E-state index in [9.17, 15) is 62.3 Å². The molecule has 0 aromatic carbocycles. The number of ether oxygens (including phenoxy) is 19. The Labute approximate surface area is 540 Å². The fourth-order valence-corrected chi connectivity index (χ4v) is 11.7. The summed E-state index contributed by atoms with van der Waals surface area (Å²) in [6.45, 7) is 14.7. The number of esters is 13. The summed E-state index contributed by atoms with van der Waals surface area (Å²) in [4.78, 5) is 167. The highest BCUT2D eigenvalue weighted by Gasteiger charge is 2.57. The van der Waals surface area contributed by atoms with Crippen LogP contribution in [-0.2, 0) is 152 Å². The summed E-state index contributed by atoms with van der Waals surface area (Å²) in [6.07, 6.45) is -16.1. The number of hydrogen-bond donors (Lipinski definition) is 0. The van der Waals surface area contributed by atoms with E-state index in [1.807, 2.05) is 0 Å². The fourth-order valence-electron chi connectivity index (χ4n) is 11.7. The molecule has 32 heteroatoms. The van der Waals surface area contributed by atoms with E-state index in [0.717, 1.165) is 82.1 Å². The molecule has 0 N–H and O–H groups in total. The van der Waals surface area contributed by atoms with Gasteiger partial charge in [0, 0.05) is 91.2 Å². The van der Waals surface area contributed by atoms with Gasteiger partial charge in [0.1, 0.15) is 31.5 Å². The molecule has 1 aliphatic carbocycles. The van der Waals surface area contributed by atoms with Crippen molar-refractivity contribution in [1.82, 2.24) is 0 Å². The van der Waals surface area contributed by atoms with Crippen LogP contribution in [0.5, 0.6) is 0 Å². The van der Waals surface area contributed by atoms with Crippen molar-refractivity contribution in [1.29, 1.82) is 0 Å². The molecule has 19 atom stereocenters. The Morgan fingerprint density at radius 3 is 1.21 bits per heavy atom. The SMILES string of the molecule is C/C=C1/[C@H](O[C@@H]2O[C@H](COC(C)=O)[C@@H](OC(C)=O)[C@H](OC(C)=O)[C@H]2OC(C)=O)OC=C(C(=O)OC)[C@H]1CC(=O)OC[C@@H]1[C@H](C)[C@@H](OC(=O)C[C@@H]2C(C(=O)OC)=CO[C@@H](O[C@@H]3O[C@H](COC(C)=O)[C@@H](OC(C)=O)[C@H](OC(C)=O)[C@H]3OC(C)=O)/C2=C/C)C[C@H]1C(C)COC(C)=O. The number of carbonyl (C=O) groups excluding carboxylic acids is 13. The third kappa shape index (κ3) is 20.8. The van der Waals surface area contributed by atoms with Gasteiger partial charge in [-0.05, 0) is 38.0 Å². The first kappa shape index (κ1) is 76.2. The van der Waals surface area contributed by atoms with E-state index in [2.05, 4.69) is 0 Å². The molecular weight excluding hydrogens is 1260 g/mol. The van der Waals surface area contributed by atoms with Gasteiger partial charge in [0.15, 0.2) is 36.6 Å². The van der Waals surface area contributed by atoms with Crippen LogP contribution in [-0.4, -0.2) is 198 Å². The smallest absolute Gasteiger partial charge is 0.337 e. The van der Waals surface area contributed by atoms with Gasteiger partial charge in [-0.2, -0.15) is 0 Å². The zero-order valence-electron chi connectivity index (χ0n) is 54.8. The molecule has 0 aromatic heterocycles. The second-order valence-electron chi connectivity index (χ2n) is 22.5. The highest BCUT2D eigenvalue weighted by Crippen LogP contribution is 2.45. The molecule has 4 heterocycles. The van der Waals surface area contributed by atoms with E-state index in [4.69, 9.17) is 90.0 Å². The Kier molecular flexibility index (Phi) is 28.5. The fraction of sp³-hybridized carbons (Fsp3) is 0.661. The summed E-state index contributed by atoms with van der Waals surface area (Å²) in [6, 6.07) is 0. The van der Waals surface area contributed by atoms with Crippen molar-refractivity contribution in [2.24, 2.45) is 35.5 Å². The summed E-state index contributed by atoms with van der Waals surface area (Å²) in [5.74, 6) is -15.6. The lowest BCUT2D eigenvalue weighted by Gasteiger charge is -2.45. The molecule has 2 saturated heterocycles. The third-order valence-electron chi connectivity index (χ3n) is 15.7. The Morgan fingerprint density at radius 1 is 0.479 bits per heavy atom. The molecule has 4 aliphatic heterocycles. The minimum atomic E-state index is -1.76. The predicted octanol–water partition coefficient (Wildman–Crippen LogP) is 2.84. The Hall–Kier alpha value is -8.49. The van der Waals surface area contributed by atoms with E-state index in [-0.39, 0.29) is 41.9 Å². The number of allylic oxidation sites excluding steroid dienone is 2. The van der Waals surface area contributed by atoms with Crippen LogP contribution in [0.1, 0.15) is 109 Å². The highest BCUT2D eigenvalue weighted by molar-refractivity contribution is 5.91. The molecule has 0 aromatic rings. The number of carbonyl (C=O) groups is 13. The monoisotopic (exact) mass is 1340 g/mol. The minimum absolute atomic E-state index is 0.0836. The van der Waals surface area contributed by atoms with Crippen molar-refractivity contribution in [3.63, 3.8) is 0 Å². The topological polar surface area (TPSA) is 397 Å². The average molecular weight is 1340 g/mol. The van der Waals surface area contributed by atoms with Gasteiger partial charge in [-0.3, -0.25) is 52.7 Å². The van der Waals surface area contributed by atoms with Crippen molar-refractivity contribution in [3.8, 4) is 0 Å². The Bertz CT molecular complexity index is 2940. The van der Waals surface area contributed by atoms with Gasteiger partial charge in [0.25, 0.3) is 0 Å². The first-order valence-electron chi connectivity index (χ1n) is 29.9. The van der Waals surface area contributed by atoms with E-state index >= 15 is 0 Å². The normalized spacial score (nSPS) is 30.7. The molecule has 0 radical (unpaired) electrons. The first-order chi connectivity index (χ1) is 44.3. The Morgan fingerprint density at radius 2 is 0.851 bits per heavy atom. The summed E-state index contributed by atoms with van der Waals surface area (Å²) in [5.41, 5.74) is -0.117. The standard InChI is InChI=1S/C62H82O32/c1-16-38-41(44(57(74)76-14)23-82-59(38)93-61-55(88-36(12)70)53(86-34(10)68)51(84-32(8)66)47(91-61)25-79-30(6)64)19-49(72)81-22-43-28(4)46(18-40(43)27(3)21-78-29(5)63)90-50(73)20-42-39(17-2)60(83-24-45(42)58(75)77-15)94-62-56(89-37(13)71)54(87-35(11)69)52(85-33(9)67)48(92-62)26-80-31(7)65/h16-17,23-24,27-28,40-43,46-48,51-56,59-62H,18-22,25-26H2,1-15H3/b38-16+,39-17+/t27?,28-,40-,41-,42-,43+,46-,47+,48+,51+,52+,53-,54-,55+,56+,59-,60-,61-,62-/m0/s1. The maximum atomic E-state index is 14.5. The molecule has 0 spiro atoms. The summed E-state index contributed by atoms with van der Waals surface area (Å²) < 4.78 is 108. The molecular formula is C62H82O32. The number of hydrogen-bond acceptors (Lipinski definition) is 32. The van der Waals surface area contributed by atoms with E-state index in [1.165, 1.54) is 32.9 Å². The molecule has 522 valence electrons. The average Bonchev–Trinajstić information content (AvgIpc) is 1.15. The highest BCUT2D eigenvalue weighted by atomic mass is 16.8. The number of methoxy groups -OCH3 is 2. The predicted molar refractivity (Wildman–Crippen MR) is 307 cm³/mol. The van der Waals surface area contributed by atoms with E-state index in [1.54, 1.807) is 13.8 Å². The van der Waals surface area contributed by atoms with Crippen LogP contribution in [0.15, 0.2) is 47.0 Å². The van der Waals surface area contributed by atoms with Gasteiger partial charge in [-0.1, -0.05) is 26.0 Å². The van der Waals surface area contributed by atoms with E-state index < -0.39 is 219 Å². The van der Waals surface area contributed by atoms with Crippen LogP contribution >= 0.6 is 0 Å². The van der Waals surface area contributed by atoms with Gasteiger partial charge >= 0.3 is 77.6 Å². The van der Waals surface area contributed by atoms with E-state index in [0.29, 0.717) is 0 Å². The molecule has 94 heavy (non-hydrogen) atoms. The second-order valence-corrected chi connectivity index (χ2v) is 22.5. The van der Waals surface area contributed by atoms with Gasteiger partial charge < -0.3 is 90.0 Å². The molecule has 0 bridgehead atoms. The minimum Gasteiger partial charge on any atom is -0.468 e. The van der Waals surface area contributed by atoms with Gasteiger partial charge in [0.05, 0.1) is 63.9 Å². The summed E-state index contributed by atoms with van der Waals surface area (Å²) in [7, 11) is 2.19. The van der Waals surface area contributed by atoms with Crippen LogP contribution in [0.3, 0.4) is 0 Å². The zero-order chi connectivity index (χ0) is 70.0. The molecule has 0 amide bonds. The van der Waals surface area contributed by atoms with Crippen molar-refractivity contribution >= 4 is 77.6 Å². The van der Waals surface area contributed by atoms with Crippen LogP contribution in [0.2, 0.25) is 0 Å². The first-order valence-corrected chi connectivity index (χ1v) is 29.9. The van der Waals surface area contributed by atoms with Gasteiger partial charge in [0.2, 0.25) is 25.2 Å². The maximum Gasteiger partial charge on any atom is 0.337 e. The van der Waals surface area contributed by atoms with Crippen LogP contribution in [0.4, 0.5) is 0 Å². The van der Waals surface area contributed by atoms with Gasteiger partial charge in [-0.25, -0.2) is 9.59 Å². The largest absolute Gasteiger partial charge is 0.468 e. The van der Waals surface area contributed by atoms with Crippen molar-refractivity contribution in [2.75, 3.05) is 40.6 Å². The second kappa shape index (κ2) is 35.1. The molecule has 5 rings (SSSR count). The molecule has 1 saturated carbocycles. The van der Waals surface area contributed by atoms with Crippen molar-refractivity contribution in [3.05, 3.63) is 47.0 Å². The van der Waals surface area contributed by atoms with Crippen molar-refractivity contribution in [2.45, 2.75) is 189 Å². The summed E-state index contributed by atoms with van der Waals surface area (Å²) in [5, 5.41) is 0. The van der Waals surface area contributed by atoms with Gasteiger partial charge in [-0.15, -0.1) is 0 Å². The molecule has 3 fully saturated rings.